The molecule has 0 aromatic rings. The molecular formula is C9H13F2N. The number of halogens is 2. The Kier molecular flexibility index (Phi) is 1.11. The molecule has 0 radical (unpaired) electrons. The Labute approximate surface area is 70.7 Å². The van der Waals surface area contributed by atoms with Crippen LogP contribution in [0.4, 0.5) is 8.78 Å². The molecule has 3 aliphatic rings. The highest BCUT2D eigenvalue weighted by Crippen LogP contribution is 2.67. The first kappa shape index (κ1) is 7.25. The van der Waals surface area contributed by atoms with Crippen LogP contribution < -0.4 is 0 Å². The predicted octanol–water partition coefficient (Wildman–Crippen LogP) is 1.88. The van der Waals surface area contributed by atoms with E-state index in [1.54, 1.807) is 0 Å². The van der Waals surface area contributed by atoms with E-state index in [9.17, 15) is 8.78 Å². The first-order chi connectivity index (χ1) is 5.63. The summed E-state index contributed by atoms with van der Waals surface area (Å²) in [6, 6.07) is 0.498. The normalized spacial score (nSPS) is 50.0. The molecule has 0 amide bonds. The van der Waals surface area contributed by atoms with Gasteiger partial charge in [0, 0.05) is 19.0 Å². The lowest BCUT2D eigenvalue weighted by Crippen LogP contribution is -2.23. The zero-order valence-electron chi connectivity index (χ0n) is 7.02. The minimum atomic E-state index is -2.32. The van der Waals surface area contributed by atoms with Gasteiger partial charge in [0.25, 0.3) is 5.92 Å². The summed E-state index contributed by atoms with van der Waals surface area (Å²) in [4.78, 5) is 2.26. The van der Waals surface area contributed by atoms with Gasteiger partial charge in [0.05, 0.1) is 5.41 Å². The van der Waals surface area contributed by atoms with Gasteiger partial charge in [0.15, 0.2) is 0 Å². The fourth-order valence-electron chi connectivity index (χ4n) is 3.01. The van der Waals surface area contributed by atoms with E-state index >= 15 is 0 Å². The third-order valence-electron chi connectivity index (χ3n) is 3.84. The van der Waals surface area contributed by atoms with Crippen LogP contribution in [-0.2, 0) is 0 Å². The van der Waals surface area contributed by atoms with Gasteiger partial charge in [0.2, 0.25) is 0 Å². The molecule has 0 N–H and O–H groups in total. The number of rotatable bonds is 0. The van der Waals surface area contributed by atoms with Crippen molar-refractivity contribution in [1.82, 2.24) is 4.90 Å². The van der Waals surface area contributed by atoms with Crippen LogP contribution >= 0.6 is 0 Å². The summed E-state index contributed by atoms with van der Waals surface area (Å²) in [6.07, 6.45) is 3.29. The van der Waals surface area contributed by atoms with Gasteiger partial charge in [-0.1, -0.05) is 0 Å². The molecule has 2 heterocycles. The van der Waals surface area contributed by atoms with Gasteiger partial charge in [0.1, 0.15) is 0 Å². The highest BCUT2D eigenvalue weighted by atomic mass is 19.3. The smallest absolute Gasteiger partial charge is 0.255 e. The SMILES string of the molecule is FC1(F)C[C@]12CC1CCCN1C2. The van der Waals surface area contributed by atoms with Gasteiger partial charge in [-0.2, -0.15) is 0 Å². The molecule has 3 rings (SSSR count). The van der Waals surface area contributed by atoms with Crippen molar-refractivity contribution in [2.24, 2.45) is 5.41 Å². The number of alkyl halides is 2. The summed E-state index contributed by atoms with van der Waals surface area (Å²) in [5.41, 5.74) is -0.571. The quantitative estimate of drug-likeness (QED) is 0.540. The highest BCUT2D eigenvalue weighted by molar-refractivity contribution is 5.17. The molecule has 2 atom stereocenters. The van der Waals surface area contributed by atoms with Crippen LogP contribution in [0.25, 0.3) is 0 Å². The van der Waals surface area contributed by atoms with E-state index in [0.717, 1.165) is 19.4 Å². The molecule has 1 nitrogen and oxygen atoms in total. The Bertz CT molecular complexity index is 215. The summed E-state index contributed by atoms with van der Waals surface area (Å²) in [6.45, 7) is 1.73. The van der Waals surface area contributed by atoms with Crippen LogP contribution in [0, 0.1) is 5.41 Å². The van der Waals surface area contributed by atoms with Gasteiger partial charge in [-0.05, 0) is 25.8 Å². The van der Waals surface area contributed by atoms with E-state index in [1.807, 2.05) is 0 Å². The summed E-state index contributed by atoms with van der Waals surface area (Å²) < 4.78 is 25.9. The van der Waals surface area contributed by atoms with E-state index in [2.05, 4.69) is 4.90 Å². The molecule has 3 fully saturated rings. The minimum Gasteiger partial charge on any atom is -0.300 e. The average Bonchev–Trinajstić information content (AvgIpc) is 2.26. The standard InChI is InChI=1S/C9H13F2N/c10-9(11)5-8(9)4-7-2-1-3-12(7)6-8/h7H,1-6H2/t7?,8-/m0/s1. The van der Waals surface area contributed by atoms with Crippen molar-refractivity contribution >= 4 is 0 Å². The van der Waals surface area contributed by atoms with Crippen LogP contribution in [-0.4, -0.2) is 30.0 Å². The lowest BCUT2D eigenvalue weighted by Gasteiger charge is -2.12. The average molecular weight is 173 g/mol. The molecule has 1 unspecified atom stereocenters. The molecule has 68 valence electrons. The summed E-state index contributed by atoms with van der Waals surface area (Å²) in [5, 5.41) is 0. The molecule has 0 bridgehead atoms. The molecule has 12 heavy (non-hydrogen) atoms. The lowest BCUT2D eigenvalue weighted by molar-refractivity contribution is 0.0660. The maximum atomic E-state index is 13.0. The topological polar surface area (TPSA) is 3.24 Å². The summed E-state index contributed by atoms with van der Waals surface area (Å²) in [5.74, 6) is -2.32. The first-order valence-electron chi connectivity index (χ1n) is 4.75. The zero-order chi connectivity index (χ0) is 8.40. The number of hydrogen-bond acceptors (Lipinski definition) is 1. The van der Waals surface area contributed by atoms with Crippen molar-refractivity contribution in [3.05, 3.63) is 0 Å². The van der Waals surface area contributed by atoms with Crippen molar-refractivity contribution < 1.29 is 8.78 Å². The van der Waals surface area contributed by atoms with Crippen molar-refractivity contribution in [1.29, 1.82) is 0 Å². The van der Waals surface area contributed by atoms with Crippen molar-refractivity contribution in [2.45, 2.75) is 37.6 Å². The van der Waals surface area contributed by atoms with Gasteiger partial charge < -0.3 is 0 Å². The maximum Gasteiger partial charge on any atom is 0.255 e. The van der Waals surface area contributed by atoms with Gasteiger partial charge in [-0.3, -0.25) is 4.90 Å². The fraction of sp³-hybridized carbons (Fsp3) is 1.00. The van der Waals surface area contributed by atoms with Crippen LogP contribution in [0.5, 0.6) is 0 Å². The molecule has 2 aliphatic heterocycles. The van der Waals surface area contributed by atoms with Gasteiger partial charge >= 0.3 is 0 Å². The van der Waals surface area contributed by atoms with E-state index in [0.29, 0.717) is 12.6 Å². The Morgan fingerprint density at radius 1 is 1.33 bits per heavy atom. The van der Waals surface area contributed by atoms with Crippen LogP contribution in [0.1, 0.15) is 25.7 Å². The minimum absolute atomic E-state index is 0.160. The first-order valence-corrected chi connectivity index (χ1v) is 4.75. The molecule has 1 saturated carbocycles. The number of fused-ring (bicyclic) bond motifs is 1. The van der Waals surface area contributed by atoms with E-state index in [-0.39, 0.29) is 6.42 Å². The predicted molar refractivity (Wildman–Crippen MR) is 41.2 cm³/mol. The molecular weight excluding hydrogens is 160 g/mol. The number of nitrogens with zero attached hydrogens (tertiary/aromatic N) is 1. The summed E-state index contributed by atoms with van der Waals surface area (Å²) in [7, 11) is 0. The molecule has 0 aromatic carbocycles. The van der Waals surface area contributed by atoms with E-state index < -0.39 is 11.3 Å². The van der Waals surface area contributed by atoms with Gasteiger partial charge in [-0.25, -0.2) is 8.78 Å². The van der Waals surface area contributed by atoms with Crippen molar-refractivity contribution in [3.63, 3.8) is 0 Å². The second-order valence-electron chi connectivity index (χ2n) is 4.63. The third kappa shape index (κ3) is 0.709. The Morgan fingerprint density at radius 2 is 2.08 bits per heavy atom. The van der Waals surface area contributed by atoms with E-state index in [4.69, 9.17) is 0 Å². The second kappa shape index (κ2) is 1.84. The molecule has 1 aliphatic carbocycles. The Hall–Kier alpha value is -0.180. The third-order valence-corrected chi connectivity index (χ3v) is 3.84. The van der Waals surface area contributed by atoms with E-state index in [1.165, 1.54) is 6.42 Å². The summed E-state index contributed by atoms with van der Waals surface area (Å²) >= 11 is 0. The Morgan fingerprint density at radius 3 is 2.67 bits per heavy atom. The zero-order valence-corrected chi connectivity index (χ0v) is 7.02. The molecule has 0 aromatic heterocycles. The largest absolute Gasteiger partial charge is 0.300 e. The second-order valence-corrected chi connectivity index (χ2v) is 4.63. The van der Waals surface area contributed by atoms with Gasteiger partial charge in [-0.15, -0.1) is 0 Å². The van der Waals surface area contributed by atoms with Crippen molar-refractivity contribution in [3.8, 4) is 0 Å². The maximum absolute atomic E-state index is 13.0. The molecule has 1 spiro atoms. The monoisotopic (exact) mass is 173 g/mol. The van der Waals surface area contributed by atoms with Crippen LogP contribution in [0.15, 0.2) is 0 Å². The molecule has 3 heteroatoms. The Balaban J connectivity index is 1.81. The molecule has 2 saturated heterocycles. The van der Waals surface area contributed by atoms with Crippen molar-refractivity contribution in [2.75, 3.05) is 13.1 Å². The highest BCUT2D eigenvalue weighted by Gasteiger charge is 2.74. The number of hydrogen-bond donors (Lipinski definition) is 0. The lowest BCUT2D eigenvalue weighted by atomic mass is 10.0. The fourth-order valence-corrected chi connectivity index (χ4v) is 3.01. The van der Waals surface area contributed by atoms with Crippen LogP contribution in [0.2, 0.25) is 0 Å². The van der Waals surface area contributed by atoms with Crippen LogP contribution in [0.3, 0.4) is 0 Å².